The van der Waals surface area contributed by atoms with Gasteiger partial charge in [-0.05, 0) is 60.6 Å². The summed E-state index contributed by atoms with van der Waals surface area (Å²) in [7, 11) is 0. The first-order valence-electron chi connectivity index (χ1n) is 11.5. The lowest BCUT2D eigenvalue weighted by Gasteiger charge is -2.23. The number of benzene rings is 3. The van der Waals surface area contributed by atoms with Crippen molar-refractivity contribution in [1.82, 2.24) is 5.48 Å². The predicted octanol–water partition coefficient (Wildman–Crippen LogP) is 5.78. The van der Waals surface area contributed by atoms with Crippen molar-refractivity contribution in [3.8, 4) is 5.75 Å². The Hall–Kier alpha value is -3.83. The molecule has 4 rings (SSSR count). The number of carboxylic acids is 1. The van der Waals surface area contributed by atoms with Crippen LogP contribution in [0.15, 0.2) is 102 Å². The van der Waals surface area contributed by atoms with Crippen LogP contribution < -0.4 is 10.2 Å². The van der Waals surface area contributed by atoms with E-state index in [0.29, 0.717) is 5.75 Å². The molecule has 3 aromatic carbocycles. The maximum Gasteiger partial charge on any atom is 0.341 e. The van der Waals surface area contributed by atoms with Crippen molar-refractivity contribution < 1.29 is 19.5 Å². The quantitative estimate of drug-likeness (QED) is 0.400. The van der Waals surface area contributed by atoms with Crippen LogP contribution in [0, 0.1) is 0 Å². The number of nitrogens with one attached hydrogen (secondary N) is 1. The topological polar surface area (TPSA) is 67.8 Å². The Labute approximate surface area is 200 Å². The Morgan fingerprint density at radius 1 is 0.971 bits per heavy atom. The molecular weight excluding hydrogens is 426 g/mol. The molecule has 0 aromatic heterocycles. The standard InChI is InChI=1S/C29H29NO4/c1-2-25(30-34-29(22-10-5-3-6-11-22)23-12-7-4-8-13-23)19-21-16-17-26-24(18-21)14-9-15-27(26)33-20-28(31)32/h2-15,19,29-30H,16-18,20H2,1H3,(H,31,32). The van der Waals surface area contributed by atoms with E-state index >= 15 is 0 Å². The molecule has 174 valence electrons. The van der Waals surface area contributed by atoms with Crippen molar-refractivity contribution in [3.63, 3.8) is 0 Å². The maximum atomic E-state index is 10.9. The third-order valence-electron chi connectivity index (χ3n) is 5.86. The Morgan fingerprint density at radius 3 is 2.26 bits per heavy atom. The summed E-state index contributed by atoms with van der Waals surface area (Å²) in [6, 6.07) is 26.2. The van der Waals surface area contributed by atoms with Crippen LogP contribution in [0.25, 0.3) is 0 Å². The van der Waals surface area contributed by atoms with Crippen LogP contribution in [0.3, 0.4) is 0 Å². The van der Waals surface area contributed by atoms with Crippen LogP contribution >= 0.6 is 0 Å². The van der Waals surface area contributed by atoms with Gasteiger partial charge >= 0.3 is 5.97 Å². The molecule has 1 aliphatic rings. The highest BCUT2D eigenvalue weighted by molar-refractivity contribution is 5.68. The smallest absolute Gasteiger partial charge is 0.341 e. The molecule has 0 unspecified atom stereocenters. The van der Waals surface area contributed by atoms with E-state index in [0.717, 1.165) is 41.6 Å². The van der Waals surface area contributed by atoms with Gasteiger partial charge in [-0.15, -0.1) is 0 Å². The fraction of sp³-hybridized carbons (Fsp3) is 0.207. The van der Waals surface area contributed by atoms with E-state index in [1.165, 1.54) is 11.1 Å². The molecule has 0 saturated carbocycles. The third kappa shape index (κ3) is 5.94. The first-order chi connectivity index (χ1) is 16.6. The fourth-order valence-electron chi connectivity index (χ4n) is 4.18. The molecule has 0 amide bonds. The SMILES string of the molecule is CC=C(C=C1CCc2c(cccc2OCC(=O)O)C1)NOC(c1ccccc1)c1ccccc1. The van der Waals surface area contributed by atoms with Gasteiger partial charge in [-0.1, -0.05) is 84.4 Å². The average Bonchev–Trinajstić information content (AvgIpc) is 2.88. The Kier molecular flexibility index (Phi) is 7.79. The van der Waals surface area contributed by atoms with E-state index in [9.17, 15) is 4.79 Å². The summed E-state index contributed by atoms with van der Waals surface area (Å²) in [5, 5.41) is 8.92. The Balaban J connectivity index is 1.47. The lowest BCUT2D eigenvalue weighted by molar-refractivity contribution is -0.139. The van der Waals surface area contributed by atoms with Gasteiger partial charge in [0.1, 0.15) is 11.9 Å². The molecule has 0 radical (unpaired) electrons. The number of carboxylic acid groups (broad SMARTS) is 1. The highest BCUT2D eigenvalue weighted by Crippen LogP contribution is 2.32. The van der Waals surface area contributed by atoms with Crippen LogP contribution in [0.1, 0.15) is 41.7 Å². The van der Waals surface area contributed by atoms with Crippen molar-refractivity contribution >= 4 is 5.97 Å². The highest BCUT2D eigenvalue weighted by atomic mass is 16.7. The number of allylic oxidation sites excluding steroid dienone is 3. The predicted molar refractivity (Wildman–Crippen MR) is 132 cm³/mol. The lowest BCUT2D eigenvalue weighted by atomic mass is 9.87. The van der Waals surface area contributed by atoms with Crippen molar-refractivity contribution in [3.05, 3.63) is 125 Å². The average molecular weight is 456 g/mol. The van der Waals surface area contributed by atoms with E-state index in [4.69, 9.17) is 14.7 Å². The van der Waals surface area contributed by atoms with E-state index in [-0.39, 0.29) is 12.7 Å². The molecule has 3 aromatic rings. The molecule has 0 heterocycles. The van der Waals surface area contributed by atoms with E-state index in [2.05, 4.69) is 41.9 Å². The lowest BCUT2D eigenvalue weighted by Crippen LogP contribution is -2.19. The van der Waals surface area contributed by atoms with Crippen LogP contribution in [0.2, 0.25) is 0 Å². The van der Waals surface area contributed by atoms with Gasteiger partial charge in [0.2, 0.25) is 0 Å². The summed E-state index contributed by atoms with van der Waals surface area (Å²) >= 11 is 0. The van der Waals surface area contributed by atoms with Gasteiger partial charge in [0, 0.05) is 0 Å². The number of ether oxygens (including phenoxy) is 1. The summed E-state index contributed by atoms with van der Waals surface area (Å²) in [6.45, 7) is 1.66. The van der Waals surface area contributed by atoms with E-state index in [1.54, 1.807) is 0 Å². The normalized spacial score (nSPS) is 14.6. The minimum atomic E-state index is -0.970. The molecule has 0 spiro atoms. The van der Waals surface area contributed by atoms with Crippen molar-refractivity contribution in [2.24, 2.45) is 0 Å². The van der Waals surface area contributed by atoms with Crippen LogP contribution in [0.5, 0.6) is 5.75 Å². The maximum absolute atomic E-state index is 10.9. The number of aliphatic carboxylic acids is 1. The van der Waals surface area contributed by atoms with Crippen molar-refractivity contribution in [1.29, 1.82) is 0 Å². The highest BCUT2D eigenvalue weighted by Gasteiger charge is 2.19. The van der Waals surface area contributed by atoms with Gasteiger partial charge in [-0.2, -0.15) is 0 Å². The molecule has 2 N–H and O–H groups in total. The fourth-order valence-corrected chi connectivity index (χ4v) is 4.18. The van der Waals surface area contributed by atoms with Crippen molar-refractivity contribution in [2.75, 3.05) is 6.61 Å². The van der Waals surface area contributed by atoms with E-state index in [1.807, 2.05) is 61.5 Å². The van der Waals surface area contributed by atoms with Gasteiger partial charge in [0.15, 0.2) is 6.61 Å². The van der Waals surface area contributed by atoms with Gasteiger partial charge in [-0.25, -0.2) is 4.79 Å². The van der Waals surface area contributed by atoms with Gasteiger partial charge in [-0.3, -0.25) is 10.3 Å². The largest absolute Gasteiger partial charge is 0.482 e. The number of rotatable bonds is 9. The molecule has 1 aliphatic carbocycles. The number of hydrogen-bond acceptors (Lipinski definition) is 4. The van der Waals surface area contributed by atoms with E-state index < -0.39 is 5.97 Å². The second-order valence-electron chi connectivity index (χ2n) is 8.22. The zero-order valence-corrected chi connectivity index (χ0v) is 19.2. The van der Waals surface area contributed by atoms with Crippen LogP contribution in [0.4, 0.5) is 0 Å². The number of fused-ring (bicyclic) bond motifs is 1. The number of hydroxylamine groups is 1. The molecule has 34 heavy (non-hydrogen) atoms. The monoisotopic (exact) mass is 455 g/mol. The van der Waals surface area contributed by atoms with Gasteiger partial charge in [0.25, 0.3) is 0 Å². The van der Waals surface area contributed by atoms with Gasteiger partial charge < -0.3 is 9.84 Å². The number of hydrogen-bond donors (Lipinski definition) is 2. The summed E-state index contributed by atoms with van der Waals surface area (Å²) in [4.78, 5) is 17.1. The zero-order valence-electron chi connectivity index (χ0n) is 19.2. The van der Waals surface area contributed by atoms with Crippen LogP contribution in [-0.4, -0.2) is 17.7 Å². The molecule has 0 atom stereocenters. The minimum Gasteiger partial charge on any atom is -0.482 e. The summed E-state index contributed by atoms with van der Waals surface area (Å²) in [5.74, 6) is -0.303. The summed E-state index contributed by atoms with van der Waals surface area (Å²) in [5.41, 5.74) is 9.77. The second-order valence-corrected chi connectivity index (χ2v) is 8.22. The molecular formula is C29H29NO4. The molecule has 0 bridgehead atoms. The summed E-state index contributed by atoms with van der Waals surface area (Å²) in [6.07, 6.45) is 6.38. The van der Waals surface area contributed by atoms with Gasteiger partial charge in [0.05, 0.1) is 5.70 Å². The van der Waals surface area contributed by atoms with Crippen molar-refractivity contribution in [2.45, 2.75) is 32.3 Å². The second kappa shape index (κ2) is 11.3. The molecule has 0 saturated heterocycles. The zero-order chi connectivity index (χ0) is 23.8. The molecule has 0 fully saturated rings. The summed E-state index contributed by atoms with van der Waals surface area (Å²) < 4.78 is 5.49. The molecule has 5 heteroatoms. The van der Waals surface area contributed by atoms with Crippen LogP contribution in [-0.2, 0) is 22.5 Å². The number of carbonyl (C=O) groups is 1. The molecule has 5 nitrogen and oxygen atoms in total. The Morgan fingerprint density at radius 2 is 1.65 bits per heavy atom. The Bertz CT molecular complexity index is 1130. The first-order valence-corrected chi connectivity index (χ1v) is 11.5. The molecule has 0 aliphatic heterocycles. The minimum absolute atomic E-state index is 0.239. The third-order valence-corrected chi connectivity index (χ3v) is 5.86. The first kappa shape index (κ1) is 23.3.